The Bertz CT molecular complexity index is 3590. The van der Waals surface area contributed by atoms with Crippen LogP contribution in [0.1, 0.15) is 104 Å². The van der Waals surface area contributed by atoms with E-state index in [1.165, 1.54) is 39.4 Å². The zero-order valence-corrected chi connectivity index (χ0v) is 61.5. The second kappa shape index (κ2) is 35.9. The maximum atomic E-state index is 11.8. The number of hydrogen-bond acceptors (Lipinski definition) is 16. The molecule has 6 aromatic carbocycles. The Morgan fingerprint density at radius 3 is 1.31 bits per heavy atom. The van der Waals surface area contributed by atoms with E-state index in [0.29, 0.717) is 29.8 Å². The average Bonchev–Trinajstić information content (AvgIpc) is 1.11. The number of aliphatic imine (C=N–C) groups is 1. The van der Waals surface area contributed by atoms with Crippen LogP contribution in [0.4, 0.5) is 5.82 Å². The summed E-state index contributed by atoms with van der Waals surface area (Å²) in [5.41, 5.74) is 2.88. The Hall–Kier alpha value is -4.92. The van der Waals surface area contributed by atoms with E-state index in [1.807, 2.05) is 0 Å². The Morgan fingerprint density at radius 2 is 1.02 bits per heavy atom. The number of halogens is 1. The Labute approximate surface area is 580 Å². The molecule has 8 aromatic rings. The number of benzene rings is 6. The van der Waals surface area contributed by atoms with Gasteiger partial charge in [-0.2, -0.15) is 12.6 Å². The van der Waals surface area contributed by atoms with E-state index in [-0.39, 0.29) is 23.3 Å². The van der Waals surface area contributed by atoms with Gasteiger partial charge in [-0.25, -0.2) is 14.6 Å². The van der Waals surface area contributed by atoms with Gasteiger partial charge >= 0.3 is 11.9 Å². The summed E-state index contributed by atoms with van der Waals surface area (Å²) in [4.78, 5) is 43.7. The minimum Gasteiger partial charge on any atom is -0.480 e. The number of hydrogen-bond donors (Lipinski definition) is 4. The van der Waals surface area contributed by atoms with Crippen LogP contribution in [0.25, 0.3) is 25.7 Å². The number of nitrogens with one attached hydrogen (secondary N) is 1. The molecule has 0 bridgehead atoms. The van der Waals surface area contributed by atoms with Crippen molar-refractivity contribution in [2.45, 2.75) is 124 Å². The number of thiol groups is 1. The van der Waals surface area contributed by atoms with Crippen LogP contribution in [0.5, 0.6) is 0 Å². The van der Waals surface area contributed by atoms with Crippen molar-refractivity contribution in [3.8, 4) is 20.9 Å². The van der Waals surface area contributed by atoms with Crippen molar-refractivity contribution < 1.29 is 28.7 Å². The molecule has 3 N–H and O–H groups in total. The molecule has 0 unspecified atom stereocenters. The van der Waals surface area contributed by atoms with Crippen LogP contribution in [0, 0.1) is 6.57 Å². The third-order valence-electron chi connectivity index (χ3n) is 14.7. The molecule has 3 heterocycles. The summed E-state index contributed by atoms with van der Waals surface area (Å²) < 4.78 is 14.2. The van der Waals surface area contributed by atoms with Crippen LogP contribution in [0.3, 0.4) is 0 Å². The van der Waals surface area contributed by atoms with Gasteiger partial charge in [0.1, 0.15) is 16.3 Å². The maximum Gasteiger partial charge on any atom is 0.332 e. The zero-order valence-electron chi connectivity index (χ0n) is 51.3. The summed E-state index contributed by atoms with van der Waals surface area (Å²) in [5, 5.41) is 25.8. The number of aromatic nitrogens is 2. The summed E-state index contributed by atoms with van der Waals surface area (Å²) in [6.07, 6.45) is 1.66. The van der Waals surface area contributed by atoms with Gasteiger partial charge in [-0.05, 0) is 85.1 Å². The van der Waals surface area contributed by atoms with Gasteiger partial charge in [-0.3, -0.25) is 9.79 Å². The van der Waals surface area contributed by atoms with Crippen molar-refractivity contribution in [3.05, 3.63) is 208 Å². The lowest BCUT2D eigenvalue weighted by atomic mass is 10.1. The first-order chi connectivity index (χ1) is 42.4. The third kappa shape index (κ3) is 18.9. The highest BCUT2D eigenvalue weighted by Crippen LogP contribution is 2.42. The first-order valence-corrected chi connectivity index (χ1v) is 39.7. The number of rotatable bonds is 19. The molecule has 2 atom stereocenters. The van der Waals surface area contributed by atoms with Gasteiger partial charge in [0.25, 0.3) is 22.5 Å². The lowest BCUT2D eigenvalue weighted by Crippen LogP contribution is -2.66. The van der Waals surface area contributed by atoms with Crippen molar-refractivity contribution in [1.29, 1.82) is 0 Å². The third-order valence-corrected chi connectivity index (χ3v) is 29.5. The molecule has 476 valence electrons. The summed E-state index contributed by atoms with van der Waals surface area (Å²) in [7, 11) is -4.29. The molecule has 0 saturated heterocycles. The SMILES string of the molecule is C.CCc1nc(C2=N[C@](C)(C(=O)O)CS2)c(-c2ccc(CO[Si](c3ccccc3)(c3ccccc3)C(C)(C)C)cc2)s1.C[C@@](CS)(NCl)C(=O)O.S=S.S=S=S.[C-]#[N+]c1nc(CC)sc1-c1ccc(CO[Si](c2ccccc2)(c2ccccc2)C(C)(C)C)cc1. The molecule has 0 spiro atoms. The number of nitrogens with zero attached hydrogens (tertiary/aromatic N) is 4. The molecule has 0 radical (unpaired) electrons. The minimum atomic E-state index is -2.64. The lowest BCUT2D eigenvalue weighted by Gasteiger charge is -2.43. The van der Waals surface area contributed by atoms with Gasteiger partial charge in [0.15, 0.2) is 10.5 Å². The van der Waals surface area contributed by atoms with E-state index in [1.54, 1.807) is 29.6 Å². The molecule has 1 aliphatic heterocycles. The maximum absolute atomic E-state index is 11.8. The van der Waals surface area contributed by atoms with Crippen LogP contribution in [-0.4, -0.2) is 76.4 Å². The molecular weight excluding hydrogens is 1350 g/mol. The molecule has 0 fully saturated rings. The van der Waals surface area contributed by atoms with E-state index in [2.05, 4.69) is 302 Å². The number of carbonyl (C=O) groups is 2. The number of carboxylic acids is 2. The summed E-state index contributed by atoms with van der Waals surface area (Å²) in [6.45, 7) is 29.5. The molecule has 11 nitrogen and oxygen atoms in total. The van der Waals surface area contributed by atoms with Crippen LogP contribution in [0.2, 0.25) is 10.1 Å². The molecule has 0 amide bonds. The second-order valence-corrected chi connectivity index (χ2v) is 36.9. The Balaban J connectivity index is 0.000000318. The summed E-state index contributed by atoms with van der Waals surface area (Å²) in [6, 6.07) is 59.7. The van der Waals surface area contributed by atoms with Gasteiger partial charge in [0.2, 0.25) is 0 Å². The Morgan fingerprint density at radius 1 is 0.667 bits per heavy atom. The predicted octanol–water partition coefficient (Wildman–Crippen LogP) is 14.9. The predicted molar refractivity (Wildman–Crippen MR) is 402 cm³/mol. The fourth-order valence-electron chi connectivity index (χ4n) is 9.90. The highest BCUT2D eigenvalue weighted by Gasteiger charge is 2.51. The van der Waals surface area contributed by atoms with E-state index in [0.717, 1.165) is 69.4 Å². The van der Waals surface area contributed by atoms with Crippen LogP contribution >= 0.6 is 58.8 Å². The number of aliphatic carboxylic acids is 2. The smallest absolute Gasteiger partial charge is 0.332 e. The molecule has 0 aliphatic carbocycles. The molecule has 23 heteroatoms. The second-order valence-electron chi connectivity index (χ2n) is 22.9. The largest absolute Gasteiger partial charge is 0.480 e. The summed E-state index contributed by atoms with van der Waals surface area (Å²) in [5.74, 6) is -0.844. The Kier molecular flexibility index (Phi) is 31.0. The van der Waals surface area contributed by atoms with Gasteiger partial charge in [0, 0.05) is 71.6 Å². The number of aryl methyl sites for hydroxylation is 2. The molecule has 1 aliphatic rings. The summed E-state index contributed by atoms with van der Waals surface area (Å²) >= 11 is 29.2. The first-order valence-electron chi connectivity index (χ1n) is 28.3. The van der Waals surface area contributed by atoms with Crippen molar-refractivity contribution in [2.24, 2.45) is 4.99 Å². The van der Waals surface area contributed by atoms with Crippen molar-refractivity contribution in [3.63, 3.8) is 0 Å². The fraction of sp³-hybridized carbons (Fsp3) is 0.313. The first kappa shape index (κ1) is 77.5. The zero-order chi connectivity index (χ0) is 65.6. The average molecular weight is 1430 g/mol. The van der Waals surface area contributed by atoms with Gasteiger partial charge < -0.3 is 23.9 Å². The molecule has 90 heavy (non-hydrogen) atoms. The van der Waals surface area contributed by atoms with E-state index in [9.17, 15) is 14.7 Å². The van der Waals surface area contributed by atoms with Crippen LogP contribution in [0.15, 0.2) is 175 Å². The van der Waals surface area contributed by atoms with Gasteiger partial charge in [-0.1, -0.05) is 239 Å². The number of carboxylic acid groups (broad SMARTS) is 2. The molecule has 9 rings (SSSR count). The van der Waals surface area contributed by atoms with Gasteiger partial charge in [-0.15, -0.1) is 39.4 Å². The fourth-order valence-corrected chi connectivity index (χ4v) is 22.6. The lowest BCUT2D eigenvalue weighted by molar-refractivity contribution is -0.142. The van der Waals surface area contributed by atoms with Crippen LogP contribution < -0.4 is 25.6 Å². The van der Waals surface area contributed by atoms with E-state index < -0.39 is 39.7 Å². The molecule has 2 aromatic heterocycles. The van der Waals surface area contributed by atoms with Gasteiger partial charge in [0.05, 0.1) is 28.0 Å². The van der Waals surface area contributed by atoms with Crippen molar-refractivity contribution in [2.75, 3.05) is 11.5 Å². The highest BCUT2D eigenvalue weighted by molar-refractivity contribution is 8.37. The molecular formula is C67H78ClN5O6S9Si2. The minimum absolute atomic E-state index is 0. The standard InChI is InChI=1S/C33H36N2O3S2Si.C29H30N2OSSi.C4H8ClNO2S.CH4.S3.S2/c1-6-27-34-28(30-35-33(5,22-39-30)31(36)37)29(40-27)24-19-17-23(18-20-24)21-38-41(32(2,3)4,25-13-9-7-10-14-25)26-15-11-8-12-16-26;1-6-26-31-28(30-5)27(33-26)23-19-17-22(18-20-23)21-32-34(29(2,3)4,24-13-9-7-10-14-24)25-15-11-8-12-16-25;1-4(2-9,6-5)3(7)8;;1-3-2;1-2/h7-20H,6,21-22H2,1-5H3,(H,36,37);7-20H,6,21H2,1-4H3;6,9H,2H2,1H3,(H,7,8);1H4;;/t33-;;4-;;;/m0.0.../s1. The van der Waals surface area contributed by atoms with Crippen LogP contribution in [-0.2, 0) is 98.1 Å². The van der Waals surface area contributed by atoms with Crippen molar-refractivity contribution >= 4 is 173 Å². The van der Waals surface area contributed by atoms with E-state index in [4.69, 9.17) is 37.3 Å². The number of thiazole rings is 2. The highest BCUT2D eigenvalue weighted by atomic mass is 35.5. The van der Waals surface area contributed by atoms with Crippen molar-refractivity contribution in [1.82, 2.24) is 14.8 Å². The monoisotopic (exact) mass is 1430 g/mol. The quantitative estimate of drug-likeness (QED) is 0.0263. The van der Waals surface area contributed by atoms with E-state index >= 15 is 0 Å². The normalized spacial score (nSPS) is 14.3. The molecule has 0 saturated carbocycles. The topological polar surface area (TPSA) is 148 Å². The number of thioether (sulfide) groups is 1.